The standard InChI is InChI=1S/C10H13NO2S/c1-7(12)6-13-9-4-2-3-8(5-9)10(11)14/h2-5,7,12H,6H2,1H3,(H2,11,14). The molecule has 0 saturated carbocycles. The Bertz CT molecular complexity index is 326. The molecule has 0 aromatic heterocycles. The van der Waals surface area contributed by atoms with E-state index in [0.29, 0.717) is 10.7 Å². The largest absolute Gasteiger partial charge is 0.491 e. The van der Waals surface area contributed by atoms with Crippen LogP contribution < -0.4 is 10.5 Å². The van der Waals surface area contributed by atoms with E-state index in [-0.39, 0.29) is 6.61 Å². The average Bonchev–Trinajstić information content (AvgIpc) is 2.15. The van der Waals surface area contributed by atoms with E-state index in [0.717, 1.165) is 5.56 Å². The molecule has 0 radical (unpaired) electrons. The number of nitrogens with two attached hydrogens (primary N) is 1. The van der Waals surface area contributed by atoms with Crippen molar-refractivity contribution in [2.24, 2.45) is 5.73 Å². The van der Waals surface area contributed by atoms with E-state index < -0.39 is 6.10 Å². The van der Waals surface area contributed by atoms with Crippen molar-refractivity contribution in [3.63, 3.8) is 0 Å². The molecule has 1 atom stereocenters. The fourth-order valence-corrected chi connectivity index (χ4v) is 1.08. The first-order chi connectivity index (χ1) is 6.59. The molecule has 1 rings (SSSR count). The van der Waals surface area contributed by atoms with E-state index in [9.17, 15) is 0 Å². The van der Waals surface area contributed by atoms with Gasteiger partial charge < -0.3 is 15.6 Å². The zero-order chi connectivity index (χ0) is 10.6. The van der Waals surface area contributed by atoms with Crippen molar-refractivity contribution < 1.29 is 9.84 Å². The molecule has 1 unspecified atom stereocenters. The lowest BCUT2D eigenvalue weighted by Gasteiger charge is -2.08. The van der Waals surface area contributed by atoms with E-state index in [4.69, 9.17) is 27.8 Å². The molecule has 1 aromatic rings. The Morgan fingerprint density at radius 3 is 2.93 bits per heavy atom. The Labute approximate surface area is 88.5 Å². The maximum absolute atomic E-state index is 9.02. The van der Waals surface area contributed by atoms with Gasteiger partial charge in [0.15, 0.2) is 0 Å². The zero-order valence-electron chi connectivity index (χ0n) is 7.93. The second-order valence-electron chi connectivity index (χ2n) is 3.05. The SMILES string of the molecule is CC(O)COc1cccc(C(N)=S)c1. The van der Waals surface area contributed by atoms with Crippen molar-refractivity contribution in [2.45, 2.75) is 13.0 Å². The number of rotatable bonds is 4. The highest BCUT2D eigenvalue weighted by Crippen LogP contribution is 2.13. The smallest absolute Gasteiger partial charge is 0.120 e. The van der Waals surface area contributed by atoms with Crippen LogP contribution in [-0.2, 0) is 0 Å². The minimum absolute atomic E-state index is 0.265. The summed E-state index contributed by atoms with van der Waals surface area (Å²) in [6, 6.07) is 7.18. The minimum atomic E-state index is -0.483. The Kier molecular flexibility index (Phi) is 3.85. The van der Waals surface area contributed by atoms with Crippen molar-refractivity contribution in [1.29, 1.82) is 0 Å². The number of benzene rings is 1. The molecule has 14 heavy (non-hydrogen) atoms. The number of hydrogen-bond donors (Lipinski definition) is 2. The maximum Gasteiger partial charge on any atom is 0.120 e. The van der Waals surface area contributed by atoms with Crippen molar-refractivity contribution in [2.75, 3.05) is 6.61 Å². The van der Waals surface area contributed by atoms with Crippen LogP contribution in [0.5, 0.6) is 5.75 Å². The van der Waals surface area contributed by atoms with Crippen LogP contribution in [0.2, 0.25) is 0 Å². The lowest BCUT2D eigenvalue weighted by atomic mass is 10.2. The number of thiocarbonyl (C=S) groups is 1. The number of aliphatic hydroxyl groups is 1. The molecule has 1 aromatic carbocycles. The molecule has 0 spiro atoms. The van der Waals surface area contributed by atoms with Crippen LogP contribution in [0.1, 0.15) is 12.5 Å². The van der Waals surface area contributed by atoms with Crippen LogP contribution in [0, 0.1) is 0 Å². The van der Waals surface area contributed by atoms with Crippen LogP contribution in [0.4, 0.5) is 0 Å². The van der Waals surface area contributed by atoms with E-state index in [1.807, 2.05) is 12.1 Å². The summed E-state index contributed by atoms with van der Waals surface area (Å²) in [5.41, 5.74) is 6.23. The Morgan fingerprint density at radius 2 is 2.36 bits per heavy atom. The number of ether oxygens (including phenoxy) is 1. The Balaban J connectivity index is 2.69. The van der Waals surface area contributed by atoms with Gasteiger partial charge in [-0.3, -0.25) is 0 Å². The quantitative estimate of drug-likeness (QED) is 0.732. The molecule has 0 fully saturated rings. The van der Waals surface area contributed by atoms with Crippen LogP contribution in [0.3, 0.4) is 0 Å². The van der Waals surface area contributed by atoms with E-state index >= 15 is 0 Å². The Morgan fingerprint density at radius 1 is 1.64 bits per heavy atom. The fourth-order valence-electron chi connectivity index (χ4n) is 0.956. The molecule has 0 bridgehead atoms. The third-order valence-corrected chi connectivity index (χ3v) is 1.85. The molecule has 0 amide bonds. The topological polar surface area (TPSA) is 55.5 Å². The van der Waals surface area contributed by atoms with Gasteiger partial charge in [0.25, 0.3) is 0 Å². The summed E-state index contributed by atoms with van der Waals surface area (Å²) in [5.74, 6) is 0.663. The molecular weight excluding hydrogens is 198 g/mol. The first-order valence-electron chi connectivity index (χ1n) is 4.30. The van der Waals surface area contributed by atoms with Gasteiger partial charge in [0.2, 0.25) is 0 Å². The second kappa shape index (κ2) is 4.93. The third kappa shape index (κ3) is 3.32. The molecule has 0 aliphatic heterocycles. The molecule has 0 saturated heterocycles. The monoisotopic (exact) mass is 211 g/mol. The minimum Gasteiger partial charge on any atom is -0.491 e. The van der Waals surface area contributed by atoms with Gasteiger partial charge in [-0.1, -0.05) is 24.4 Å². The predicted molar refractivity (Wildman–Crippen MR) is 59.5 cm³/mol. The summed E-state index contributed by atoms with van der Waals surface area (Å²) in [7, 11) is 0. The van der Waals surface area contributed by atoms with Crippen LogP contribution in [0.25, 0.3) is 0 Å². The van der Waals surface area contributed by atoms with Crippen LogP contribution >= 0.6 is 12.2 Å². The van der Waals surface area contributed by atoms with Gasteiger partial charge in [-0.25, -0.2) is 0 Å². The highest BCUT2D eigenvalue weighted by Gasteiger charge is 2.00. The lowest BCUT2D eigenvalue weighted by molar-refractivity contribution is 0.122. The summed E-state index contributed by atoms with van der Waals surface area (Å²) in [5, 5.41) is 9.02. The molecule has 0 heterocycles. The van der Waals surface area contributed by atoms with Gasteiger partial charge in [-0.2, -0.15) is 0 Å². The average molecular weight is 211 g/mol. The predicted octanol–water partition coefficient (Wildman–Crippen LogP) is 1.08. The fraction of sp³-hybridized carbons (Fsp3) is 0.300. The molecule has 4 heteroatoms. The summed E-state index contributed by atoms with van der Waals surface area (Å²) < 4.78 is 5.29. The summed E-state index contributed by atoms with van der Waals surface area (Å²) >= 11 is 4.83. The summed E-state index contributed by atoms with van der Waals surface area (Å²) in [4.78, 5) is 0.340. The molecule has 0 aliphatic rings. The molecule has 3 N–H and O–H groups in total. The van der Waals surface area contributed by atoms with Gasteiger partial charge in [0.1, 0.15) is 17.3 Å². The normalized spacial score (nSPS) is 12.1. The first kappa shape index (κ1) is 10.9. The molecular formula is C10H13NO2S. The zero-order valence-corrected chi connectivity index (χ0v) is 8.75. The van der Waals surface area contributed by atoms with Crippen molar-refractivity contribution in [3.8, 4) is 5.75 Å². The lowest BCUT2D eigenvalue weighted by Crippen LogP contribution is -2.13. The first-order valence-corrected chi connectivity index (χ1v) is 4.71. The maximum atomic E-state index is 9.02. The second-order valence-corrected chi connectivity index (χ2v) is 3.49. The molecule has 76 valence electrons. The van der Waals surface area contributed by atoms with Crippen molar-refractivity contribution in [3.05, 3.63) is 29.8 Å². The van der Waals surface area contributed by atoms with Crippen molar-refractivity contribution >= 4 is 17.2 Å². The van der Waals surface area contributed by atoms with E-state index in [1.54, 1.807) is 19.1 Å². The Hall–Kier alpha value is -1.13. The van der Waals surface area contributed by atoms with Gasteiger partial charge in [-0.05, 0) is 19.1 Å². The van der Waals surface area contributed by atoms with E-state index in [2.05, 4.69) is 0 Å². The molecule has 0 aliphatic carbocycles. The summed E-state index contributed by atoms with van der Waals surface area (Å²) in [6.45, 7) is 1.93. The van der Waals surface area contributed by atoms with Crippen LogP contribution in [0.15, 0.2) is 24.3 Å². The van der Waals surface area contributed by atoms with Gasteiger partial charge >= 0.3 is 0 Å². The van der Waals surface area contributed by atoms with Gasteiger partial charge in [0, 0.05) is 5.56 Å². The van der Waals surface area contributed by atoms with Crippen molar-refractivity contribution in [1.82, 2.24) is 0 Å². The highest BCUT2D eigenvalue weighted by molar-refractivity contribution is 7.80. The number of aliphatic hydroxyl groups excluding tert-OH is 1. The summed E-state index contributed by atoms with van der Waals surface area (Å²) in [6.07, 6.45) is -0.483. The van der Waals surface area contributed by atoms with E-state index in [1.165, 1.54) is 0 Å². The third-order valence-electron chi connectivity index (χ3n) is 1.61. The molecule has 3 nitrogen and oxygen atoms in total. The van der Waals surface area contributed by atoms with Gasteiger partial charge in [0.05, 0.1) is 6.10 Å². The van der Waals surface area contributed by atoms with Crippen LogP contribution in [-0.4, -0.2) is 22.8 Å². The number of hydrogen-bond acceptors (Lipinski definition) is 3. The van der Waals surface area contributed by atoms with Gasteiger partial charge in [-0.15, -0.1) is 0 Å². The highest BCUT2D eigenvalue weighted by atomic mass is 32.1.